The molecule has 0 spiro atoms. The van der Waals surface area contributed by atoms with Crippen LogP contribution in [0.4, 0.5) is 19.0 Å². The Bertz CT molecular complexity index is 402. The molecule has 106 valence electrons. The molecule has 0 aliphatic carbocycles. The third-order valence-electron chi connectivity index (χ3n) is 3.90. The van der Waals surface area contributed by atoms with Crippen LogP contribution >= 0.6 is 0 Å². The first-order valence-corrected chi connectivity index (χ1v) is 6.79. The zero-order valence-electron chi connectivity index (χ0n) is 11.2. The van der Waals surface area contributed by atoms with E-state index in [0.29, 0.717) is 17.9 Å². The average molecular weight is 272 g/mol. The Balaban J connectivity index is 2.25. The normalized spacial score (nSPS) is 23.9. The molecule has 0 N–H and O–H groups in total. The highest BCUT2D eigenvalue weighted by Gasteiger charge is 2.34. The molecule has 2 heterocycles. The smallest absolute Gasteiger partial charge is 0.351 e. The highest BCUT2D eigenvalue weighted by atomic mass is 19.4. The third kappa shape index (κ3) is 2.85. The van der Waals surface area contributed by atoms with Gasteiger partial charge in [0.2, 0.25) is 0 Å². The lowest BCUT2D eigenvalue weighted by atomic mass is 10.1. The van der Waals surface area contributed by atoms with Gasteiger partial charge in [0, 0.05) is 18.3 Å². The van der Waals surface area contributed by atoms with Crippen LogP contribution in [0.3, 0.4) is 0 Å². The summed E-state index contributed by atoms with van der Waals surface area (Å²) in [6.07, 6.45) is 0.811. The molecule has 1 aromatic heterocycles. The minimum absolute atomic E-state index is 0.397. The summed E-state index contributed by atoms with van der Waals surface area (Å²) in [6.45, 7) is 4.22. The standard InChI is InChI=1S/C14H19F3N2/c1-3-11-6-7-12(4-2)19(11)13-8-5-10(9-18-13)14(15,16)17/h5,8-9,11-12H,3-4,6-7H2,1-2H3. The summed E-state index contributed by atoms with van der Waals surface area (Å²) >= 11 is 0. The van der Waals surface area contributed by atoms with Gasteiger partial charge in [-0.15, -0.1) is 0 Å². The molecule has 5 heteroatoms. The van der Waals surface area contributed by atoms with Crippen LogP contribution in [-0.2, 0) is 6.18 Å². The molecule has 1 aliphatic heterocycles. The van der Waals surface area contributed by atoms with E-state index in [0.717, 1.165) is 37.9 Å². The minimum Gasteiger partial charge on any atom is -0.351 e. The summed E-state index contributed by atoms with van der Waals surface area (Å²) in [5.74, 6) is 0.671. The topological polar surface area (TPSA) is 16.1 Å². The van der Waals surface area contributed by atoms with Crippen LogP contribution < -0.4 is 4.90 Å². The highest BCUT2D eigenvalue weighted by Crippen LogP contribution is 2.34. The van der Waals surface area contributed by atoms with Crippen molar-refractivity contribution in [2.45, 2.75) is 57.8 Å². The number of aromatic nitrogens is 1. The van der Waals surface area contributed by atoms with Gasteiger partial charge < -0.3 is 4.90 Å². The predicted molar refractivity (Wildman–Crippen MR) is 69.1 cm³/mol. The van der Waals surface area contributed by atoms with Crippen LogP contribution in [0.2, 0.25) is 0 Å². The summed E-state index contributed by atoms with van der Waals surface area (Å²) in [4.78, 5) is 6.22. The van der Waals surface area contributed by atoms with Crippen LogP contribution in [0.25, 0.3) is 0 Å². The third-order valence-corrected chi connectivity index (χ3v) is 3.90. The Labute approximate surface area is 111 Å². The van der Waals surface area contributed by atoms with E-state index in [9.17, 15) is 13.2 Å². The molecule has 0 amide bonds. The fourth-order valence-electron chi connectivity index (χ4n) is 2.84. The molecular weight excluding hydrogens is 253 g/mol. The molecule has 0 saturated carbocycles. The molecule has 2 rings (SSSR count). The first-order chi connectivity index (χ1) is 8.97. The van der Waals surface area contributed by atoms with Crippen molar-refractivity contribution in [2.75, 3.05) is 4.90 Å². The maximum atomic E-state index is 12.5. The molecule has 1 aliphatic rings. The molecule has 0 bridgehead atoms. The summed E-state index contributed by atoms with van der Waals surface area (Å²) in [5, 5.41) is 0. The zero-order valence-corrected chi connectivity index (χ0v) is 11.2. The second-order valence-electron chi connectivity index (χ2n) is 5.01. The van der Waals surface area contributed by atoms with Gasteiger partial charge >= 0.3 is 6.18 Å². The van der Waals surface area contributed by atoms with Crippen molar-refractivity contribution >= 4 is 5.82 Å². The lowest BCUT2D eigenvalue weighted by Gasteiger charge is -2.30. The number of rotatable bonds is 3. The van der Waals surface area contributed by atoms with E-state index in [1.54, 1.807) is 0 Å². The monoisotopic (exact) mass is 272 g/mol. The van der Waals surface area contributed by atoms with E-state index in [1.807, 2.05) is 0 Å². The Morgan fingerprint density at radius 2 is 1.74 bits per heavy atom. The van der Waals surface area contributed by atoms with Gasteiger partial charge in [-0.05, 0) is 37.8 Å². The van der Waals surface area contributed by atoms with Crippen molar-refractivity contribution in [1.82, 2.24) is 4.98 Å². The molecule has 2 atom stereocenters. The Morgan fingerprint density at radius 3 is 2.11 bits per heavy atom. The number of hydrogen-bond acceptors (Lipinski definition) is 2. The number of pyridine rings is 1. The maximum absolute atomic E-state index is 12.5. The molecule has 1 fully saturated rings. The van der Waals surface area contributed by atoms with Crippen molar-refractivity contribution in [3.05, 3.63) is 23.9 Å². The summed E-state index contributed by atoms with van der Waals surface area (Å²) < 4.78 is 37.6. The maximum Gasteiger partial charge on any atom is 0.417 e. The number of hydrogen-bond donors (Lipinski definition) is 0. The van der Waals surface area contributed by atoms with E-state index in [1.165, 1.54) is 6.07 Å². The van der Waals surface area contributed by atoms with Gasteiger partial charge in [0.05, 0.1) is 5.56 Å². The second kappa shape index (κ2) is 5.39. The molecule has 1 aromatic rings. The molecule has 0 radical (unpaired) electrons. The van der Waals surface area contributed by atoms with Crippen molar-refractivity contribution in [2.24, 2.45) is 0 Å². The van der Waals surface area contributed by atoms with Crippen LogP contribution in [-0.4, -0.2) is 17.1 Å². The predicted octanol–water partition coefficient (Wildman–Crippen LogP) is 4.26. The number of alkyl halides is 3. The van der Waals surface area contributed by atoms with Crippen LogP contribution in [0.5, 0.6) is 0 Å². The molecule has 0 aromatic carbocycles. The summed E-state index contributed by atoms with van der Waals surface area (Å²) in [7, 11) is 0. The minimum atomic E-state index is -4.31. The van der Waals surface area contributed by atoms with E-state index in [2.05, 4.69) is 23.7 Å². The molecule has 1 saturated heterocycles. The van der Waals surface area contributed by atoms with Gasteiger partial charge in [-0.2, -0.15) is 13.2 Å². The average Bonchev–Trinajstić information content (AvgIpc) is 2.80. The number of halogens is 3. The van der Waals surface area contributed by atoms with E-state index in [-0.39, 0.29) is 0 Å². The Morgan fingerprint density at radius 1 is 1.16 bits per heavy atom. The zero-order chi connectivity index (χ0) is 14.0. The SMILES string of the molecule is CCC1CCC(CC)N1c1ccc(C(F)(F)F)cn1. The Hall–Kier alpha value is -1.26. The van der Waals surface area contributed by atoms with Gasteiger partial charge in [0.15, 0.2) is 0 Å². The molecule has 19 heavy (non-hydrogen) atoms. The quantitative estimate of drug-likeness (QED) is 0.817. The fraction of sp³-hybridized carbons (Fsp3) is 0.643. The summed E-state index contributed by atoms with van der Waals surface area (Å²) in [6, 6.07) is 3.42. The fourth-order valence-corrected chi connectivity index (χ4v) is 2.84. The Kier molecular flexibility index (Phi) is 4.02. The van der Waals surface area contributed by atoms with E-state index < -0.39 is 11.7 Å². The molecule has 2 nitrogen and oxygen atoms in total. The van der Waals surface area contributed by atoms with Crippen molar-refractivity contribution in [3.63, 3.8) is 0 Å². The number of nitrogens with zero attached hydrogens (tertiary/aromatic N) is 2. The lowest BCUT2D eigenvalue weighted by Crippen LogP contribution is -2.36. The van der Waals surface area contributed by atoms with Gasteiger partial charge in [-0.3, -0.25) is 0 Å². The lowest BCUT2D eigenvalue weighted by molar-refractivity contribution is -0.137. The second-order valence-corrected chi connectivity index (χ2v) is 5.01. The molecular formula is C14H19F3N2. The number of anilines is 1. The van der Waals surface area contributed by atoms with E-state index in [4.69, 9.17) is 0 Å². The van der Waals surface area contributed by atoms with Crippen LogP contribution in [0.1, 0.15) is 45.1 Å². The van der Waals surface area contributed by atoms with Crippen molar-refractivity contribution < 1.29 is 13.2 Å². The van der Waals surface area contributed by atoms with Crippen molar-refractivity contribution in [3.8, 4) is 0 Å². The molecule has 2 unspecified atom stereocenters. The van der Waals surface area contributed by atoms with Crippen molar-refractivity contribution in [1.29, 1.82) is 0 Å². The van der Waals surface area contributed by atoms with Gasteiger partial charge in [-0.25, -0.2) is 4.98 Å². The highest BCUT2D eigenvalue weighted by molar-refractivity contribution is 5.43. The summed E-state index contributed by atoms with van der Waals surface area (Å²) in [5.41, 5.74) is -0.684. The first-order valence-electron chi connectivity index (χ1n) is 6.79. The van der Waals surface area contributed by atoms with Gasteiger partial charge in [-0.1, -0.05) is 13.8 Å². The largest absolute Gasteiger partial charge is 0.417 e. The van der Waals surface area contributed by atoms with E-state index >= 15 is 0 Å². The van der Waals surface area contributed by atoms with Crippen LogP contribution in [0.15, 0.2) is 18.3 Å². The first kappa shape index (κ1) is 14.2. The van der Waals surface area contributed by atoms with Crippen LogP contribution in [0, 0.1) is 0 Å². The van der Waals surface area contributed by atoms with Gasteiger partial charge in [0.1, 0.15) is 5.82 Å². The van der Waals surface area contributed by atoms with Gasteiger partial charge in [0.25, 0.3) is 0 Å².